The topological polar surface area (TPSA) is 74.8 Å². The third-order valence-electron chi connectivity index (χ3n) is 3.39. The van der Waals surface area contributed by atoms with Crippen LogP contribution in [0.3, 0.4) is 0 Å². The van der Waals surface area contributed by atoms with Crippen molar-refractivity contribution >= 4 is 11.6 Å². The quantitative estimate of drug-likeness (QED) is 0.768. The molecule has 25 heavy (non-hydrogen) atoms. The van der Waals surface area contributed by atoms with Crippen molar-refractivity contribution in [1.82, 2.24) is 9.97 Å². The average Bonchev–Trinajstić information content (AvgIpc) is 2.53. The first kappa shape index (κ1) is 16.5. The Morgan fingerprint density at radius 3 is 2.48 bits per heavy atom. The SMILES string of the molecule is Cc1cc(=O)[nH]c(-c2cccc(NC(=O)c3cc(F)cc(F)c3)c2)n1. The molecule has 1 amide bonds. The van der Waals surface area contributed by atoms with Gasteiger partial charge in [-0.05, 0) is 31.2 Å². The lowest BCUT2D eigenvalue weighted by Gasteiger charge is -2.08. The van der Waals surface area contributed by atoms with Crippen molar-refractivity contribution in [3.05, 3.63) is 81.8 Å². The maximum atomic E-state index is 13.2. The number of aromatic nitrogens is 2. The Labute approximate surface area is 141 Å². The van der Waals surface area contributed by atoms with Crippen LogP contribution in [0.2, 0.25) is 0 Å². The highest BCUT2D eigenvalue weighted by Crippen LogP contribution is 2.19. The summed E-state index contributed by atoms with van der Waals surface area (Å²) in [5, 5.41) is 2.56. The molecule has 0 aliphatic heterocycles. The van der Waals surface area contributed by atoms with Gasteiger partial charge in [0, 0.05) is 34.6 Å². The minimum absolute atomic E-state index is 0.134. The number of nitrogens with one attached hydrogen (secondary N) is 2. The minimum Gasteiger partial charge on any atom is -0.322 e. The predicted molar refractivity (Wildman–Crippen MR) is 89.3 cm³/mol. The summed E-state index contributed by atoms with van der Waals surface area (Å²) in [6.45, 7) is 1.70. The lowest BCUT2D eigenvalue weighted by Crippen LogP contribution is -2.13. The zero-order chi connectivity index (χ0) is 18.0. The molecule has 7 heteroatoms. The Morgan fingerprint density at radius 2 is 1.80 bits per heavy atom. The van der Waals surface area contributed by atoms with E-state index in [0.717, 1.165) is 12.1 Å². The Morgan fingerprint density at radius 1 is 1.08 bits per heavy atom. The Bertz CT molecular complexity index is 995. The minimum atomic E-state index is -0.833. The van der Waals surface area contributed by atoms with Crippen LogP contribution in [0.4, 0.5) is 14.5 Å². The molecule has 3 aromatic rings. The van der Waals surface area contributed by atoms with E-state index in [9.17, 15) is 18.4 Å². The second-order valence-corrected chi connectivity index (χ2v) is 5.43. The molecule has 0 unspecified atom stereocenters. The first-order valence-corrected chi connectivity index (χ1v) is 7.36. The summed E-state index contributed by atoms with van der Waals surface area (Å²) in [7, 11) is 0. The highest BCUT2D eigenvalue weighted by atomic mass is 19.1. The van der Waals surface area contributed by atoms with E-state index in [1.165, 1.54) is 6.07 Å². The first-order valence-electron chi connectivity index (χ1n) is 7.36. The van der Waals surface area contributed by atoms with Crippen LogP contribution in [0.1, 0.15) is 16.1 Å². The van der Waals surface area contributed by atoms with Crippen molar-refractivity contribution < 1.29 is 13.6 Å². The molecule has 0 radical (unpaired) electrons. The van der Waals surface area contributed by atoms with Gasteiger partial charge in [-0.3, -0.25) is 9.59 Å². The van der Waals surface area contributed by atoms with E-state index in [1.807, 2.05) is 0 Å². The normalized spacial score (nSPS) is 10.5. The lowest BCUT2D eigenvalue weighted by molar-refractivity contribution is 0.102. The van der Waals surface area contributed by atoms with E-state index >= 15 is 0 Å². The van der Waals surface area contributed by atoms with E-state index < -0.39 is 17.5 Å². The summed E-state index contributed by atoms with van der Waals surface area (Å²) in [6.07, 6.45) is 0. The van der Waals surface area contributed by atoms with Gasteiger partial charge < -0.3 is 10.3 Å². The van der Waals surface area contributed by atoms with Gasteiger partial charge in [0.1, 0.15) is 17.5 Å². The molecule has 1 aromatic heterocycles. The summed E-state index contributed by atoms with van der Waals surface area (Å²) in [5.74, 6) is -1.96. The van der Waals surface area contributed by atoms with Gasteiger partial charge in [0.15, 0.2) is 0 Å². The zero-order valence-electron chi connectivity index (χ0n) is 13.1. The number of aryl methyl sites for hydroxylation is 1. The monoisotopic (exact) mass is 341 g/mol. The molecule has 1 heterocycles. The van der Waals surface area contributed by atoms with Crippen LogP contribution in [-0.4, -0.2) is 15.9 Å². The number of hydrogen-bond donors (Lipinski definition) is 2. The molecule has 0 aliphatic rings. The van der Waals surface area contributed by atoms with Crippen LogP contribution in [0.15, 0.2) is 53.3 Å². The van der Waals surface area contributed by atoms with Gasteiger partial charge in [0.2, 0.25) is 0 Å². The maximum Gasteiger partial charge on any atom is 0.255 e. The number of nitrogens with zero attached hydrogens (tertiary/aromatic N) is 1. The van der Waals surface area contributed by atoms with E-state index in [-0.39, 0.29) is 11.1 Å². The summed E-state index contributed by atoms with van der Waals surface area (Å²) in [4.78, 5) is 30.6. The van der Waals surface area contributed by atoms with Crippen molar-refractivity contribution in [3.63, 3.8) is 0 Å². The van der Waals surface area contributed by atoms with Crippen LogP contribution in [0, 0.1) is 18.6 Å². The van der Waals surface area contributed by atoms with Crippen LogP contribution < -0.4 is 10.9 Å². The molecule has 2 aromatic carbocycles. The number of halogens is 2. The number of aromatic amines is 1. The smallest absolute Gasteiger partial charge is 0.255 e. The molecule has 0 aliphatic carbocycles. The van der Waals surface area contributed by atoms with E-state index in [0.29, 0.717) is 28.8 Å². The lowest BCUT2D eigenvalue weighted by atomic mass is 10.1. The van der Waals surface area contributed by atoms with Gasteiger partial charge in [-0.25, -0.2) is 13.8 Å². The van der Waals surface area contributed by atoms with Gasteiger partial charge >= 0.3 is 0 Å². The Hall–Kier alpha value is -3.35. The van der Waals surface area contributed by atoms with Crippen molar-refractivity contribution in [3.8, 4) is 11.4 Å². The Balaban J connectivity index is 1.89. The largest absolute Gasteiger partial charge is 0.322 e. The van der Waals surface area contributed by atoms with Crippen LogP contribution in [0.25, 0.3) is 11.4 Å². The van der Waals surface area contributed by atoms with Crippen molar-refractivity contribution in [1.29, 1.82) is 0 Å². The number of carbonyl (C=O) groups excluding carboxylic acids is 1. The molecule has 0 atom stereocenters. The number of carbonyl (C=O) groups is 1. The first-order chi connectivity index (χ1) is 11.9. The number of amides is 1. The second kappa shape index (κ2) is 6.64. The predicted octanol–water partition coefficient (Wildman–Crippen LogP) is 3.28. The van der Waals surface area contributed by atoms with Crippen LogP contribution >= 0.6 is 0 Å². The second-order valence-electron chi connectivity index (χ2n) is 5.43. The zero-order valence-corrected chi connectivity index (χ0v) is 13.1. The van der Waals surface area contributed by atoms with Crippen molar-refractivity contribution in [2.75, 3.05) is 5.32 Å². The summed E-state index contributed by atoms with van der Waals surface area (Å²) in [6, 6.07) is 10.6. The summed E-state index contributed by atoms with van der Waals surface area (Å²) < 4.78 is 26.5. The summed E-state index contributed by atoms with van der Waals surface area (Å²) >= 11 is 0. The van der Waals surface area contributed by atoms with Crippen molar-refractivity contribution in [2.24, 2.45) is 0 Å². The molecule has 5 nitrogen and oxygen atoms in total. The molecular weight excluding hydrogens is 328 g/mol. The van der Waals surface area contributed by atoms with Gasteiger partial charge in [-0.2, -0.15) is 0 Å². The van der Waals surface area contributed by atoms with Crippen LogP contribution in [0.5, 0.6) is 0 Å². The molecule has 3 rings (SSSR count). The van der Waals surface area contributed by atoms with Crippen molar-refractivity contribution in [2.45, 2.75) is 6.92 Å². The van der Waals surface area contributed by atoms with Crippen LogP contribution in [-0.2, 0) is 0 Å². The number of hydrogen-bond acceptors (Lipinski definition) is 3. The molecule has 0 fully saturated rings. The third-order valence-corrected chi connectivity index (χ3v) is 3.39. The molecule has 126 valence electrons. The molecule has 0 saturated heterocycles. The fourth-order valence-corrected chi connectivity index (χ4v) is 2.35. The highest BCUT2D eigenvalue weighted by molar-refractivity contribution is 6.04. The molecule has 0 bridgehead atoms. The molecule has 0 saturated carbocycles. The molecule has 2 N–H and O–H groups in total. The van der Waals surface area contributed by atoms with Gasteiger partial charge in [-0.1, -0.05) is 12.1 Å². The van der Waals surface area contributed by atoms with Gasteiger partial charge in [-0.15, -0.1) is 0 Å². The standard InChI is InChI=1S/C18H13F2N3O2/c1-10-5-16(24)23-17(21-10)11-3-2-4-15(8-11)22-18(25)12-6-13(19)9-14(20)7-12/h2-9H,1H3,(H,22,25)(H,21,23,24). The van der Waals surface area contributed by atoms with E-state index in [4.69, 9.17) is 0 Å². The van der Waals surface area contributed by atoms with E-state index in [1.54, 1.807) is 31.2 Å². The number of H-pyrrole nitrogens is 1. The fraction of sp³-hybridized carbons (Fsp3) is 0.0556. The fourth-order valence-electron chi connectivity index (χ4n) is 2.35. The number of benzene rings is 2. The maximum absolute atomic E-state index is 13.2. The molecule has 0 spiro atoms. The average molecular weight is 341 g/mol. The highest BCUT2D eigenvalue weighted by Gasteiger charge is 2.10. The number of rotatable bonds is 3. The molecular formula is C18H13F2N3O2. The third kappa shape index (κ3) is 3.95. The number of anilines is 1. The van der Waals surface area contributed by atoms with E-state index in [2.05, 4.69) is 15.3 Å². The van der Waals surface area contributed by atoms with Gasteiger partial charge in [0.05, 0.1) is 0 Å². The van der Waals surface area contributed by atoms with Gasteiger partial charge in [0.25, 0.3) is 11.5 Å². The Kier molecular flexibility index (Phi) is 4.38. The summed E-state index contributed by atoms with van der Waals surface area (Å²) in [5.41, 5.74) is 1.13.